The Labute approximate surface area is 215 Å². The van der Waals surface area contributed by atoms with Gasteiger partial charge in [0.25, 0.3) is 0 Å². The Morgan fingerprint density at radius 3 is 2.35 bits per heavy atom. The van der Waals surface area contributed by atoms with Gasteiger partial charge in [-0.15, -0.1) is 0 Å². The number of allylic oxidation sites excluding steroid dienone is 2. The van der Waals surface area contributed by atoms with Gasteiger partial charge in [0.15, 0.2) is 17.8 Å². The molecule has 0 aromatic rings. The van der Waals surface area contributed by atoms with Crippen molar-refractivity contribution >= 4 is 23.9 Å². The van der Waals surface area contributed by atoms with Crippen molar-refractivity contribution in [3.8, 4) is 0 Å². The topological polar surface area (TPSA) is 166 Å². The molecule has 1 aliphatic carbocycles. The van der Waals surface area contributed by atoms with E-state index in [0.29, 0.717) is 12.8 Å². The molecule has 206 valence electrons. The van der Waals surface area contributed by atoms with Crippen LogP contribution in [0.1, 0.15) is 47.5 Å². The van der Waals surface area contributed by atoms with Crippen LogP contribution in [0.3, 0.4) is 0 Å². The van der Waals surface area contributed by atoms with Crippen molar-refractivity contribution in [2.75, 3.05) is 7.11 Å². The number of aliphatic hydroxyl groups is 3. The summed E-state index contributed by atoms with van der Waals surface area (Å²) >= 11 is 0. The zero-order chi connectivity index (χ0) is 28.2. The first-order valence-electron chi connectivity index (χ1n) is 12.0. The maximum Gasteiger partial charge on any atom is 0.341 e. The van der Waals surface area contributed by atoms with Gasteiger partial charge in [0.05, 0.1) is 36.7 Å². The fourth-order valence-electron chi connectivity index (χ4n) is 3.86. The molecule has 0 spiro atoms. The van der Waals surface area contributed by atoms with E-state index >= 15 is 0 Å². The average Bonchev–Trinajstić information content (AvgIpc) is 3.09. The maximum atomic E-state index is 13.1. The minimum atomic E-state index is -2.39. The highest BCUT2D eigenvalue weighted by molar-refractivity contribution is 5.93. The van der Waals surface area contributed by atoms with Crippen LogP contribution in [0.4, 0.5) is 0 Å². The highest BCUT2D eigenvalue weighted by Gasteiger charge is 2.52. The zero-order valence-electron chi connectivity index (χ0n) is 21.9. The first-order valence-corrected chi connectivity index (χ1v) is 12.0. The van der Waals surface area contributed by atoms with E-state index in [1.165, 1.54) is 26.8 Å². The predicted molar refractivity (Wildman–Crippen MR) is 129 cm³/mol. The van der Waals surface area contributed by atoms with Crippen LogP contribution in [0.15, 0.2) is 35.5 Å². The van der Waals surface area contributed by atoms with Gasteiger partial charge < -0.3 is 34.3 Å². The van der Waals surface area contributed by atoms with Gasteiger partial charge in [-0.3, -0.25) is 4.79 Å². The number of esters is 4. The molecule has 37 heavy (non-hydrogen) atoms. The summed E-state index contributed by atoms with van der Waals surface area (Å²) in [6.07, 6.45) is -3.04. The molecular weight excluding hydrogens is 488 g/mol. The zero-order valence-corrected chi connectivity index (χ0v) is 21.9. The summed E-state index contributed by atoms with van der Waals surface area (Å²) in [5.74, 6) is -6.07. The van der Waals surface area contributed by atoms with Gasteiger partial charge in [-0.25, -0.2) is 14.4 Å². The Morgan fingerprint density at radius 1 is 1.19 bits per heavy atom. The van der Waals surface area contributed by atoms with Crippen molar-refractivity contribution in [1.82, 2.24) is 0 Å². The lowest BCUT2D eigenvalue weighted by molar-refractivity contribution is -0.193. The van der Waals surface area contributed by atoms with Crippen LogP contribution < -0.4 is 0 Å². The van der Waals surface area contributed by atoms with E-state index in [1.54, 1.807) is 13.0 Å². The van der Waals surface area contributed by atoms with Crippen molar-refractivity contribution in [3.05, 3.63) is 35.5 Å². The molecule has 0 aromatic carbocycles. The molecule has 0 radical (unpaired) electrons. The molecule has 1 aliphatic heterocycles. The normalized spacial score (nSPS) is 31.1. The van der Waals surface area contributed by atoms with Crippen LogP contribution >= 0.6 is 0 Å². The van der Waals surface area contributed by atoms with Gasteiger partial charge in [0, 0.05) is 5.57 Å². The smallest absolute Gasteiger partial charge is 0.341 e. The Kier molecular flexibility index (Phi) is 9.81. The number of ether oxygens (including phenoxy) is 4. The van der Waals surface area contributed by atoms with Gasteiger partial charge in [-0.2, -0.15) is 0 Å². The van der Waals surface area contributed by atoms with E-state index in [0.717, 1.165) is 19.6 Å². The molecular formula is C26H36O11. The number of fused-ring (bicyclic) bond motifs is 1. The van der Waals surface area contributed by atoms with E-state index in [1.807, 2.05) is 0 Å². The summed E-state index contributed by atoms with van der Waals surface area (Å²) < 4.78 is 21.7. The van der Waals surface area contributed by atoms with E-state index < -0.39 is 71.8 Å². The van der Waals surface area contributed by atoms with E-state index in [2.05, 4.69) is 6.58 Å². The molecule has 1 fully saturated rings. The lowest BCUT2D eigenvalue weighted by Crippen LogP contribution is -2.53. The molecule has 0 bridgehead atoms. The number of methoxy groups -OCH3 is 1. The summed E-state index contributed by atoms with van der Waals surface area (Å²) in [5.41, 5.74) is -1.88. The number of carbonyl (C=O) groups is 4. The highest BCUT2D eigenvalue weighted by Crippen LogP contribution is 2.38. The number of hydrogen-bond acceptors (Lipinski definition) is 11. The summed E-state index contributed by atoms with van der Waals surface area (Å²) in [6.45, 7) is 10.5. The van der Waals surface area contributed by atoms with Crippen molar-refractivity contribution in [2.24, 2.45) is 11.8 Å². The molecule has 1 heterocycles. The second-order valence-electron chi connectivity index (χ2n) is 9.70. The quantitative estimate of drug-likeness (QED) is 0.187. The first-order chi connectivity index (χ1) is 17.1. The Morgan fingerprint density at radius 2 is 1.81 bits per heavy atom. The molecule has 2 rings (SSSR count). The lowest BCUT2D eigenvalue weighted by Gasteiger charge is -2.36. The van der Waals surface area contributed by atoms with E-state index in [4.69, 9.17) is 18.9 Å². The van der Waals surface area contributed by atoms with Crippen LogP contribution in [0.5, 0.6) is 0 Å². The molecule has 0 saturated carbocycles. The van der Waals surface area contributed by atoms with E-state index in [9.17, 15) is 34.5 Å². The predicted octanol–water partition coefficient (Wildman–Crippen LogP) is 0.896. The second kappa shape index (κ2) is 12.0. The summed E-state index contributed by atoms with van der Waals surface area (Å²) in [4.78, 5) is 51.5. The second-order valence-corrected chi connectivity index (χ2v) is 9.70. The summed E-state index contributed by atoms with van der Waals surface area (Å²) in [7, 11) is 1.12. The molecule has 0 aromatic heterocycles. The minimum Gasteiger partial charge on any atom is -0.466 e. The molecule has 0 unspecified atom stereocenters. The molecule has 11 heteroatoms. The summed E-state index contributed by atoms with van der Waals surface area (Å²) in [6, 6.07) is 0. The van der Waals surface area contributed by atoms with Gasteiger partial charge >= 0.3 is 23.9 Å². The molecule has 2 aliphatic rings. The number of rotatable bonds is 7. The molecule has 0 amide bonds. The monoisotopic (exact) mass is 524 g/mol. The lowest BCUT2D eigenvalue weighted by atomic mass is 9.83. The number of aliphatic hydroxyl groups excluding tert-OH is 2. The van der Waals surface area contributed by atoms with Gasteiger partial charge in [-0.05, 0) is 53.5 Å². The number of carbonyl (C=O) groups excluding carboxylic acids is 4. The van der Waals surface area contributed by atoms with Crippen molar-refractivity contribution < 1.29 is 53.4 Å². The van der Waals surface area contributed by atoms with Crippen molar-refractivity contribution in [1.29, 1.82) is 0 Å². The largest absolute Gasteiger partial charge is 0.466 e. The molecule has 11 nitrogen and oxygen atoms in total. The third-order valence-electron chi connectivity index (χ3n) is 6.80. The van der Waals surface area contributed by atoms with Crippen LogP contribution in [0.25, 0.3) is 0 Å². The van der Waals surface area contributed by atoms with Crippen LogP contribution in [-0.2, 0) is 38.1 Å². The van der Waals surface area contributed by atoms with Gasteiger partial charge in [-0.1, -0.05) is 18.2 Å². The molecule has 1 saturated heterocycles. The Hall–Kier alpha value is -3.02. The Balaban J connectivity index is 2.76. The first kappa shape index (κ1) is 30.2. The number of hydrogen-bond donors (Lipinski definition) is 3. The highest BCUT2D eigenvalue weighted by atomic mass is 16.6. The van der Waals surface area contributed by atoms with Crippen LogP contribution in [-0.4, -0.2) is 82.4 Å². The fourth-order valence-corrected chi connectivity index (χ4v) is 3.86. The summed E-state index contributed by atoms with van der Waals surface area (Å²) in [5, 5.41) is 30.4. The van der Waals surface area contributed by atoms with Gasteiger partial charge in [0.2, 0.25) is 0 Å². The van der Waals surface area contributed by atoms with Crippen molar-refractivity contribution in [3.63, 3.8) is 0 Å². The maximum absolute atomic E-state index is 13.1. The fraction of sp³-hybridized carbons (Fsp3) is 0.615. The minimum absolute atomic E-state index is 0.113. The van der Waals surface area contributed by atoms with Gasteiger partial charge in [0.1, 0.15) is 6.10 Å². The molecule has 3 N–H and O–H groups in total. The van der Waals surface area contributed by atoms with Crippen molar-refractivity contribution in [2.45, 2.75) is 83.6 Å². The van der Waals surface area contributed by atoms with Crippen LogP contribution in [0.2, 0.25) is 0 Å². The Bertz CT molecular complexity index is 988. The third-order valence-corrected chi connectivity index (χ3v) is 6.80. The molecule has 8 atom stereocenters. The third kappa shape index (κ3) is 6.65. The SMILES string of the molecule is C=C1C(=O)O[C@@H]2/C=C(/C)CC/C=C(/C(=O)OC)[C@H](OC(=O)[C@H](C)[C@H](C)O)[C@@H](OC(=O)[C@@](C)(O)[C@H](C)O)[C@@H]12. The van der Waals surface area contributed by atoms with Crippen LogP contribution in [0, 0.1) is 11.8 Å². The standard InChI is InChI=1S/C26H36O11/c1-12-9-8-10-17(24(31)34-7)20(36-22(29)13(2)15(4)27)21(37-25(32)26(6,33)16(5)28)19-14(3)23(30)35-18(19)11-12/h10-11,13,15-16,18-21,27-28,33H,3,8-9H2,1-2,4-7H3/b12-11-,17-10+/t13-,15+,16+,18-,19+,20+,21+,26+/m1/s1. The average molecular weight is 525 g/mol. The van der Waals surface area contributed by atoms with E-state index in [-0.39, 0.29) is 11.1 Å².